The Morgan fingerprint density at radius 2 is 1.97 bits per heavy atom. The number of hydrogen-bond donors (Lipinski definition) is 2. The van der Waals surface area contributed by atoms with E-state index < -0.39 is 22.8 Å². The highest BCUT2D eigenvalue weighted by Crippen LogP contribution is 2.33. The molecule has 2 aromatic heterocycles. The minimum atomic E-state index is -0.821. The Hall–Kier alpha value is -3.76. The van der Waals surface area contributed by atoms with Crippen molar-refractivity contribution in [3.8, 4) is 5.75 Å². The second-order valence-corrected chi connectivity index (χ2v) is 7.83. The maximum atomic E-state index is 13.1. The van der Waals surface area contributed by atoms with E-state index in [0.717, 1.165) is 0 Å². The van der Waals surface area contributed by atoms with Crippen LogP contribution in [-0.4, -0.2) is 41.9 Å². The summed E-state index contributed by atoms with van der Waals surface area (Å²) < 4.78 is 16.0. The quantitative estimate of drug-likeness (QED) is 0.635. The third-order valence-electron chi connectivity index (χ3n) is 5.32. The highest BCUT2D eigenvalue weighted by Gasteiger charge is 2.40. The fourth-order valence-electron chi connectivity index (χ4n) is 3.65. The molecular weight excluding hydrogens is 405 g/mol. The van der Waals surface area contributed by atoms with Crippen LogP contribution in [0, 0.1) is 5.82 Å². The number of anilines is 1. The number of aromatic nitrogens is 5. The number of amides is 1. The molecular formula is C20H22FN7O3. The van der Waals surface area contributed by atoms with E-state index in [9.17, 15) is 19.1 Å². The number of aromatic hydroxyl groups is 1. The largest absolute Gasteiger partial charge is 0.501 e. The molecule has 0 aliphatic carbocycles. The minimum Gasteiger partial charge on any atom is -0.501 e. The van der Waals surface area contributed by atoms with E-state index in [4.69, 9.17) is 0 Å². The highest BCUT2D eigenvalue weighted by molar-refractivity contribution is 5.94. The zero-order chi connectivity index (χ0) is 22.3. The lowest BCUT2D eigenvalue weighted by atomic mass is 9.98. The van der Waals surface area contributed by atoms with Crippen LogP contribution in [0.25, 0.3) is 0 Å². The van der Waals surface area contributed by atoms with Crippen molar-refractivity contribution in [1.29, 1.82) is 0 Å². The van der Waals surface area contributed by atoms with Crippen molar-refractivity contribution in [2.24, 2.45) is 7.05 Å². The van der Waals surface area contributed by atoms with Gasteiger partial charge in [0, 0.05) is 26.7 Å². The van der Waals surface area contributed by atoms with Gasteiger partial charge in [0.2, 0.25) is 11.7 Å². The van der Waals surface area contributed by atoms with Crippen LogP contribution in [0.5, 0.6) is 5.75 Å². The number of benzene rings is 1. The maximum absolute atomic E-state index is 13.1. The first-order chi connectivity index (χ1) is 14.7. The number of hydrogen-bond acceptors (Lipinski definition) is 7. The molecule has 0 atom stereocenters. The molecule has 0 bridgehead atoms. The van der Waals surface area contributed by atoms with Gasteiger partial charge < -0.3 is 15.3 Å². The molecule has 0 fully saturated rings. The molecule has 1 aliphatic rings. The molecule has 1 aliphatic heterocycles. The van der Waals surface area contributed by atoms with Gasteiger partial charge in [0.1, 0.15) is 18.0 Å². The van der Waals surface area contributed by atoms with Crippen LogP contribution >= 0.6 is 0 Å². The summed E-state index contributed by atoms with van der Waals surface area (Å²) in [6, 6.07) is 5.63. The van der Waals surface area contributed by atoms with Gasteiger partial charge in [0.05, 0.1) is 5.54 Å². The first-order valence-electron chi connectivity index (χ1n) is 9.68. The highest BCUT2D eigenvalue weighted by atomic mass is 19.1. The van der Waals surface area contributed by atoms with Gasteiger partial charge in [0.25, 0.3) is 11.5 Å². The standard InChI is InChI=1S/C20H22FN7O3/c1-20(2)18-24-14(16(30)22-10-12-4-6-13(21)7-5-12)15(29)17(31)27(18)8-9-28(20)19-23-11-26(3)25-19/h4-7,11,29H,8-10H2,1-3H3,(H,22,30). The van der Waals surface area contributed by atoms with Crippen LogP contribution in [-0.2, 0) is 25.7 Å². The molecule has 0 radical (unpaired) electrons. The lowest BCUT2D eigenvalue weighted by Gasteiger charge is -2.42. The zero-order valence-electron chi connectivity index (χ0n) is 17.3. The maximum Gasteiger partial charge on any atom is 0.296 e. The van der Waals surface area contributed by atoms with Gasteiger partial charge in [0.15, 0.2) is 5.69 Å². The van der Waals surface area contributed by atoms with Gasteiger partial charge in [-0.3, -0.25) is 18.8 Å². The SMILES string of the molecule is Cn1cnc(N2CCn3c(nc(C(=O)NCc4ccc(F)cc4)c(O)c3=O)C2(C)C)n1. The van der Waals surface area contributed by atoms with E-state index in [-0.39, 0.29) is 24.6 Å². The number of carbonyl (C=O) groups excluding carboxylic acids is 1. The lowest BCUT2D eigenvalue weighted by molar-refractivity contribution is 0.0941. The normalized spacial score (nSPS) is 14.9. The summed E-state index contributed by atoms with van der Waals surface area (Å²) in [7, 11) is 1.76. The average molecular weight is 427 g/mol. The summed E-state index contributed by atoms with van der Waals surface area (Å²) in [5.74, 6) is -0.998. The van der Waals surface area contributed by atoms with Crippen LogP contribution in [0.1, 0.15) is 35.7 Å². The summed E-state index contributed by atoms with van der Waals surface area (Å²) in [5.41, 5.74) is -1.20. The predicted octanol–water partition coefficient (Wildman–Crippen LogP) is 0.902. The fourth-order valence-corrected chi connectivity index (χ4v) is 3.65. The van der Waals surface area contributed by atoms with E-state index in [0.29, 0.717) is 23.9 Å². The molecule has 0 spiro atoms. The third-order valence-corrected chi connectivity index (χ3v) is 5.32. The van der Waals surface area contributed by atoms with E-state index in [2.05, 4.69) is 20.4 Å². The van der Waals surface area contributed by atoms with E-state index in [1.807, 2.05) is 18.7 Å². The van der Waals surface area contributed by atoms with E-state index in [1.165, 1.54) is 28.8 Å². The molecule has 10 nitrogen and oxygen atoms in total. The molecule has 0 unspecified atom stereocenters. The number of nitrogens with one attached hydrogen (secondary N) is 1. The summed E-state index contributed by atoms with van der Waals surface area (Å²) in [5, 5.41) is 17.3. The van der Waals surface area contributed by atoms with Crippen LogP contribution < -0.4 is 15.8 Å². The monoisotopic (exact) mass is 427 g/mol. The van der Waals surface area contributed by atoms with Crippen LogP contribution in [0.4, 0.5) is 10.3 Å². The Kier molecular flexibility index (Phi) is 4.96. The minimum absolute atomic E-state index is 0.0893. The van der Waals surface area contributed by atoms with Crippen molar-refractivity contribution in [2.75, 3.05) is 11.4 Å². The van der Waals surface area contributed by atoms with Gasteiger partial charge in [-0.25, -0.2) is 14.4 Å². The molecule has 31 heavy (non-hydrogen) atoms. The lowest BCUT2D eigenvalue weighted by Crippen LogP contribution is -2.53. The van der Waals surface area contributed by atoms with Gasteiger partial charge >= 0.3 is 0 Å². The Bertz CT molecular complexity index is 1200. The predicted molar refractivity (Wildman–Crippen MR) is 109 cm³/mol. The number of aryl methyl sites for hydroxylation is 1. The van der Waals surface area contributed by atoms with Gasteiger partial charge in [-0.05, 0) is 31.5 Å². The van der Waals surface area contributed by atoms with Crippen molar-refractivity contribution in [3.63, 3.8) is 0 Å². The van der Waals surface area contributed by atoms with Crippen LogP contribution in [0.3, 0.4) is 0 Å². The summed E-state index contributed by atoms with van der Waals surface area (Å²) in [4.78, 5) is 36.0. The van der Waals surface area contributed by atoms with Crippen molar-refractivity contribution < 1.29 is 14.3 Å². The number of fused-ring (bicyclic) bond motifs is 1. The fraction of sp³-hybridized carbons (Fsp3) is 0.350. The summed E-state index contributed by atoms with van der Waals surface area (Å²) in [6.45, 7) is 4.47. The van der Waals surface area contributed by atoms with Gasteiger partial charge in [-0.2, -0.15) is 0 Å². The smallest absolute Gasteiger partial charge is 0.296 e. The third kappa shape index (κ3) is 3.62. The topological polar surface area (TPSA) is 118 Å². The van der Waals surface area contributed by atoms with Crippen LogP contribution in [0.15, 0.2) is 35.4 Å². The Morgan fingerprint density at radius 3 is 2.61 bits per heavy atom. The second kappa shape index (κ2) is 7.49. The summed E-state index contributed by atoms with van der Waals surface area (Å²) >= 11 is 0. The van der Waals surface area contributed by atoms with Crippen LogP contribution in [0.2, 0.25) is 0 Å². The first-order valence-corrected chi connectivity index (χ1v) is 9.68. The molecule has 11 heteroatoms. The molecule has 1 aromatic carbocycles. The molecule has 3 aromatic rings. The number of rotatable bonds is 4. The van der Waals surface area contributed by atoms with Gasteiger partial charge in [-0.1, -0.05) is 12.1 Å². The molecule has 0 saturated heterocycles. The zero-order valence-corrected chi connectivity index (χ0v) is 17.3. The average Bonchev–Trinajstić information content (AvgIpc) is 3.15. The number of halogens is 1. The Balaban J connectivity index is 1.67. The van der Waals surface area contributed by atoms with Crippen molar-refractivity contribution in [1.82, 2.24) is 29.6 Å². The molecule has 4 rings (SSSR count). The number of carbonyl (C=O) groups is 1. The summed E-state index contributed by atoms with van der Waals surface area (Å²) in [6.07, 6.45) is 1.58. The van der Waals surface area contributed by atoms with E-state index in [1.54, 1.807) is 18.1 Å². The number of nitrogens with zero attached hydrogens (tertiary/aromatic N) is 6. The van der Waals surface area contributed by atoms with Gasteiger partial charge in [-0.15, -0.1) is 5.10 Å². The molecule has 162 valence electrons. The molecule has 1 amide bonds. The Labute approximate surface area is 177 Å². The molecule has 0 saturated carbocycles. The van der Waals surface area contributed by atoms with Crippen molar-refractivity contribution in [3.05, 3.63) is 63.8 Å². The molecule has 2 N–H and O–H groups in total. The second-order valence-electron chi connectivity index (χ2n) is 7.83. The van der Waals surface area contributed by atoms with E-state index >= 15 is 0 Å². The van der Waals surface area contributed by atoms with Crippen molar-refractivity contribution in [2.45, 2.75) is 32.5 Å². The molecule has 3 heterocycles. The Morgan fingerprint density at radius 1 is 1.26 bits per heavy atom. The first kappa shape index (κ1) is 20.5. The van der Waals surface area contributed by atoms with Crippen molar-refractivity contribution >= 4 is 11.9 Å².